The SMILES string of the molecule is O=C(c1ccccc1)c1ccsc1NC(Cc1ccc(OCc2ccccc2)cc1)C(=O)O.O=C(c1ccccc1)c1sccc1NC(Cc1ccc(OCc2ccccc2)cc1)C(=O)O. The number of nitrogens with one attached hydrogen (secondary N) is 2. The summed E-state index contributed by atoms with van der Waals surface area (Å²) < 4.78 is 11.6. The van der Waals surface area contributed by atoms with Crippen LogP contribution in [0.4, 0.5) is 10.7 Å². The molecule has 8 aromatic rings. The van der Waals surface area contributed by atoms with Gasteiger partial charge in [-0.25, -0.2) is 9.59 Å². The largest absolute Gasteiger partial charge is 0.489 e. The predicted molar refractivity (Wildman–Crippen MR) is 260 cm³/mol. The summed E-state index contributed by atoms with van der Waals surface area (Å²) in [6.07, 6.45) is 0.536. The number of anilines is 2. The highest BCUT2D eigenvalue weighted by Gasteiger charge is 2.24. The maximum absolute atomic E-state index is 12.8. The van der Waals surface area contributed by atoms with E-state index in [2.05, 4.69) is 10.6 Å². The second-order valence-electron chi connectivity index (χ2n) is 15.0. The molecular weight excluding hydrogens is 869 g/mol. The summed E-state index contributed by atoms with van der Waals surface area (Å²) in [6, 6.07) is 54.2. The summed E-state index contributed by atoms with van der Waals surface area (Å²) in [7, 11) is 0. The van der Waals surface area contributed by atoms with Crippen molar-refractivity contribution in [2.24, 2.45) is 0 Å². The molecule has 0 saturated heterocycles. The van der Waals surface area contributed by atoms with Crippen molar-refractivity contribution in [3.8, 4) is 11.5 Å². The maximum atomic E-state index is 12.8. The summed E-state index contributed by atoms with van der Waals surface area (Å²) in [4.78, 5) is 50.1. The number of carbonyl (C=O) groups is 4. The van der Waals surface area contributed by atoms with Crippen LogP contribution in [-0.4, -0.2) is 45.8 Å². The zero-order valence-corrected chi connectivity index (χ0v) is 37.3. The minimum absolute atomic E-state index is 0.128. The zero-order chi connectivity index (χ0) is 46.1. The Morgan fingerprint density at radius 3 is 1.35 bits per heavy atom. The van der Waals surface area contributed by atoms with Gasteiger partial charge in [-0.05, 0) is 69.4 Å². The molecule has 0 bridgehead atoms. The first-order valence-corrected chi connectivity index (χ1v) is 22.8. The Morgan fingerprint density at radius 2 is 0.879 bits per heavy atom. The lowest BCUT2D eigenvalue weighted by Crippen LogP contribution is -2.31. The Labute approximate surface area is 390 Å². The summed E-state index contributed by atoms with van der Waals surface area (Å²) >= 11 is 2.62. The van der Waals surface area contributed by atoms with Gasteiger partial charge in [0.25, 0.3) is 0 Å². The first-order valence-electron chi connectivity index (χ1n) is 21.0. The number of rotatable bonds is 20. The number of carbonyl (C=O) groups excluding carboxylic acids is 2. The van der Waals surface area contributed by atoms with Gasteiger partial charge in [-0.3, -0.25) is 9.59 Å². The van der Waals surface area contributed by atoms with Crippen molar-refractivity contribution < 1.29 is 38.9 Å². The summed E-state index contributed by atoms with van der Waals surface area (Å²) in [5, 5.41) is 29.8. The van der Waals surface area contributed by atoms with E-state index in [-0.39, 0.29) is 24.4 Å². The average molecular weight is 915 g/mol. The second kappa shape index (κ2) is 23.2. The molecule has 10 nitrogen and oxygen atoms in total. The molecule has 332 valence electrons. The van der Waals surface area contributed by atoms with Gasteiger partial charge in [0.05, 0.1) is 16.1 Å². The molecule has 0 aliphatic heterocycles. The van der Waals surface area contributed by atoms with Crippen molar-refractivity contribution in [1.29, 1.82) is 0 Å². The Balaban J connectivity index is 0.000000196. The molecule has 6 aromatic carbocycles. The van der Waals surface area contributed by atoms with Gasteiger partial charge in [0.2, 0.25) is 5.78 Å². The van der Waals surface area contributed by atoms with Gasteiger partial charge in [-0.15, -0.1) is 22.7 Å². The topological polar surface area (TPSA) is 151 Å². The Morgan fingerprint density at radius 1 is 0.455 bits per heavy atom. The van der Waals surface area contributed by atoms with Crippen LogP contribution >= 0.6 is 22.7 Å². The van der Waals surface area contributed by atoms with Gasteiger partial charge in [-0.2, -0.15) is 0 Å². The Hall–Kier alpha value is -7.80. The first kappa shape index (κ1) is 46.2. The molecule has 0 spiro atoms. The number of carboxylic acid groups (broad SMARTS) is 2. The summed E-state index contributed by atoms with van der Waals surface area (Å²) in [5.74, 6) is -0.789. The number of carboxylic acids is 2. The molecule has 4 N–H and O–H groups in total. The van der Waals surface area contributed by atoms with E-state index in [1.54, 1.807) is 71.4 Å². The molecule has 66 heavy (non-hydrogen) atoms. The van der Waals surface area contributed by atoms with Crippen molar-refractivity contribution in [2.45, 2.75) is 38.1 Å². The number of hydrogen-bond acceptors (Lipinski definition) is 10. The van der Waals surface area contributed by atoms with Crippen LogP contribution < -0.4 is 20.1 Å². The standard InChI is InChI=1S/2C27H23NO4S/c29-25(21-9-5-2-6-10-21)26-23(15-16-33-26)28-24(27(30)31)17-19-11-13-22(14-12-19)32-18-20-7-3-1-4-8-20;29-25(21-9-5-2-6-10-21)23-15-16-33-26(23)28-24(27(30)31)17-19-11-13-22(14-12-19)32-18-20-7-3-1-4-8-20/h2*1-16,24,28H,17-18H2,(H,30,31). The molecule has 2 unspecified atom stereocenters. The molecular formula is C54H46N2O8S2. The zero-order valence-electron chi connectivity index (χ0n) is 35.6. The highest BCUT2D eigenvalue weighted by atomic mass is 32.1. The molecule has 0 fully saturated rings. The number of ether oxygens (including phenoxy) is 2. The van der Waals surface area contributed by atoms with Gasteiger partial charge in [0.15, 0.2) is 5.78 Å². The third-order valence-corrected chi connectivity index (χ3v) is 12.1. The van der Waals surface area contributed by atoms with Crippen molar-refractivity contribution in [3.63, 3.8) is 0 Å². The van der Waals surface area contributed by atoms with E-state index in [0.29, 0.717) is 45.5 Å². The fraction of sp³-hybridized carbons (Fsp3) is 0.111. The number of benzene rings is 6. The van der Waals surface area contributed by atoms with E-state index in [9.17, 15) is 29.4 Å². The second-order valence-corrected chi connectivity index (χ2v) is 16.9. The van der Waals surface area contributed by atoms with Crippen molar-refractivity contribution >= 4 is 56.9 Å². The third kappa shape index (κ3) is 13.1. The number of aliphatic carboxylic acids is 2. The number of ketones is 2. The molecule has 0 radical (unpaired) electrons. The molecule has 0 saturated carbocycles. The molecule has 0 amide bonds. The van der Waals surface area contributed by atoms with Gasteiger partial charge < -0.3 is 30.3 Å². The Kier molecular flexibility index (Phi) is 16.3. The van der Waals surface area contributed by atoms with E-state index in [0.717, 1.165) is 33.8 Å². The van der Waals surface area contributed by atoms with E-state index < -0.39 is 24.0 Å². The average Bonchev–Trinajstić information content (AvgIpc) is 4.04. The highest BCUT2D eigenvalue weighted by Crippen LogP contribution is 2.29. The van der Waals surface area contributed by atoms with Gasteiger partial charge >= 0.3 is 11.9 Å². The fourth-order valence-corrected chi connectivity index (χ4v) is 8.46. The van der Waals surface area contributed by atoms with Crippen molar-refractivity contribution in [2.75, 3.05) is 10.6 Å². The third-order valence-electron chi connectivity index (χ3n) is 10.3. The molecule has 2 heterocycles. The quantitative estimate of drug-likeness (QED) is 0.0544. The molecule has 0 aliphatic rings. The molecule has 0 aliphatic carbocycles. The highest BCUT2D eigenvalue weighted by molar-refractivity contribution is 7.14. The summed E-state index contributed by atoms with van der Waals surface area (Å²) in [5.41, 5.74) is 6.01. The van der Waals surface area contributed by atoms with Crippen LogP contribution in [0.5, 0.6) is 11.5 Å². The van der Waals surface area contributed by atoms with Crippen molar-refractivity contribution in [1.82, 2.24) is 0 Å². The van der Waals surface area contributed by atoms with E-state index in [1.807, 2.05) is 121 Å². The van der Waals surface area contributed by atoms with Gasteiger partial charge in [0.1, 0.15) is 41.8 Å². The lowest BCUT2D eigenvalue weighted by Gasteiger charge is -2.16. The molecule has 2 aromatic heterocycles. The number of thiophene rings is 2. The van der Waals surface area contributed by atoms with Crippen LogP contribution in [0.2, 0.25) is 0 Å². The Bertz CT molecular complexity index is 2600. The van der Waals surface area contributed by atoms with Gasteiger partial charge in [-0.1, -0.05) is 146 Å². The van der Waals surface area contributed by atoms with Crippen molar-refractivity contribution in [3.05, 3.63) is 237 Å². The predicted octanol–water partition coefficient (Wildman–Crippen LogP) is 11.3. The van der Waals surface area contributed by atoms with Crippen LogP contribution in [0, 0.1) is 0 Å². The van der Waals surface area contributed by atoms with Gasteiger partial charge in [0, 0.05) is 24.0 Å². The molecule has 2 atom stereocenters. The smallest absolute Gasteiger partial charge is 0.326 e. The minimum Gasteiger partial charge on any atom is -0.489 e. The van der Waals surface area contributed by atoms with E-state index >= 15 is 0 Å². The first-order chi connectivity index (χ1) is 32.2. The van der Waals surface area contributed by atoms with Crippen LogP contribution in [-0.2, 0) is 35.6 Å². The maximum Gasteiger partial charge on any atom is 0.326 e. The number of hydrogen-bond donors (Lipinski definition) is 4. The monoisotopic (exact) mass is 914 g/mol. The minimum atomic E-state index is -0.983. The lowest BCUT2D eigenvalue weighted by molar-refractivity contribution is -0.138. The van der Waals surface area contributed by atoms with Crippen LogP contribution in [0.3, 0.4) is 0 Å². The normalized spacial score (nSPS) is 11.5. The molecule has 8 rings (SSSR count). The summed E-state index contributed by atoms with van der Waals surface area (Å²) in [6.45, 7) is 0.936. The van der Waals surface area contributed by atoms with E-state index in [1.165, 1.54) is 22.7 Å². The van der Waals surface area contributed by atoms with Crippen LogP contribution in [0.1, 0.15) is 53.4 Å². The van der Waals surface area contributed by atoms with Crippen LogP contribution in [0.15, 0.2) is 193 Å². The molecule has 12 heteroatoms. The van der Waals surface area contributed by atoms with E-state index in [4.69, 9.17) is 9.47 Å². The lowest BCUT2D eigenvalue weighted by atomic mass is 10.0. The van der Waals surface area contributed by atoms with Crippen LogP contribution in [0.25, 0.3) is 0 Å². The fourth-order valence-electron chi connectivity index (χ4n) is 6.81.